The summed E-state index contributed by atoms with van der Waals surface area (Å²) in [6.45, 7) is 9.49. The van der Waals surface area contributed by atoms with Gasteiger partial charge in [0.25, 0.3) is 0 Å². The summed E-state index contributed by atoms with van der Waals surface area (Å²) >= 11 is 0. The van der Waals surface area contributed by atoms with Crippen LogP contribution in [0.2, 0.25) is 0 Å². The van der Waals surface area contributed by atoms with E-state index in [-0.39, 0.29) is 0 Å². The lowest BCUT2D eigenvalue weighted by atomic mass is 9.85. The molecule has 4 nitrogen and oxygen atoms in total. The fourth-order valence-corrected chi connectivity index (χ4v) is 2.48. The van der Waals surface area contributed by atoms with Crippen LogP contribution in [-0.4, -0.2) is 41.1 Å². The van der Waals surface area contributed by atoms with Crippen molar-refractivity contribution in [1.29, 1.82) is 0 Å². The quantitative estimate of drug-likeness (QED) is 0.790. The van der Waals surface area contributed by atoms with Crippen LogP contribution in [0.1, 0.15) is 52.9 Å². The van der Waals surface area contributed by atoms with Gasteiger partial charge in [-0.15, -0.1) is 0 Å². The zero-order chi connectivity index (χ0) is 13.8. The van der Waals surface area contributed by atoms with E-state index in [0.29, 0.717) is 11.8 Å². The van der Waals surface area contributed by atoms with E-state index >= 15 is 0 Å². The molecular formula is C14H28N2O2. The van der Waals surface area contributed by atoms with Gasteiger partial charge in [-0.25, -0.2) is 0 Å². The van der Waals surface area contributed by atoms with Gasteiger partial charge in [0.1, 0.15) is 5.54 Å². The molecule has 1 unspecified atom stereocenters. The third-order valence-electron chi connectivity index (χ3n) is 4.09. The van der Waals surface area contributed by atoms with Crippen LogP contribution in [0.5, 0.6) is 0 Å². The molecule has 18 heavy (non-hydrogen) atoms. The van der Waals surface area contributed by atoms with E-state index in [4.69, 9.17) is 10.8 Å². The third kappa shape index (κ3) is 4.94. The number of hydrogen-bond acceptors (Lipinski definition) is 3. The molecule has 1 fully saturated rings. The average Bonchev–Trinajstić information content (AvgIpc) is 2.40. The van der Waals surface area contributed by atoms with Gasteiger partial charge in [0.2, 0.25) is 0 Å². The van der Waals surface area contributed by atoms with Crippen LogP contribution in [0.15, 0.2) is 0 Å². The average molecular weight is 256 g/mol. The highest BCUT2D eigenvalue weighted by Crippen LogP contribution is 2.29. The van der Waals surface area contributed by atoms with E-state index in [1.54, 1.807) is 6.92 Å². The minimum absolute atomic E-state index is 0.457. The summed E-state index contributed by atoms with van der Waals surface area (Å²) in [4.78, 5) is 13.4. The molecule has 1 heterocycles. The Morgan fingerprint density at radius 2 is 2.06 bits per heavy atom. The molecule has 0 amide bonds. The molecule has 3 N–H and O–H groups in total. The molecule has 4 heteroatoms. The van der Waals surface area contributed by atoms with Crippen LogP contribution < -0.4 is 5.73 Å². The van der Waals surface area contributed by atoms with E-state index in [0.717, 1.165) is 26.1 Å². The van der Waals surface area contributed by atoms with Gasteiger partial charge >= 0.3 is 5.97 Å². The molecule has 0 aromatic carbocycles. The number of carboxylic acid groups (broad SMARTS) is 1. The predicted molar refractivity (Wildman–Crippen MR) is 73.5 cm³/mol. The fourth-order valence-electron chi connectivity index (χ4n) is 2.48. The number of nitrogens with two attached hydrogens (primary N) is 1. The van der Waals surface area contributed by atoms with Gasteiger partial charge in [-0.3, -0.25) is 4.79 Å². The highest BCUT2D eigenvalue weighted by atomic mass is 16.4. The number of rotatable bonds is 5. The Morgan fingerprint density at radius 3 is 2.67 bits per heavy atom. The first-order valence-electron chi connectivity index (χ1n) is 6.98. The monoisotopic (exact) mass is 256 g/mol. The Morgan fingerprint density at radius 1 is 1.39 bits per heavy atom. The summed E-state index contributed by atoms with van der Waals surface area (Å²) in [6.07, 6.45) is 5.16. The van der Waals surface area contributed by atoms with Crippen molar-refractivity contribution >= 4 is 5.97 Å². The molecule has 1 rings (SSSR count). The fraction of sp³-hybridized carbons (Fsp3) is 0.929. The second kappa shape index (κ2) is 6.02. The summed E-state index contributed by atoms with van der Waals surface area (Å²) in [5.41, 5.74) is 5.11. The van der Waals surface area contributed by atoms with E-state index in [9.17, 15) is 4.79 Å². The third-order valence-corrected chi connectivity index (χ3v) is 4.09. The van der Waals surface area contributed by atoms with Crippen LogP contribution in [0.4, 0.5) is 0 Å². The maximum absolute atomic E-state index is 10.9. The van der Waals surface area contributed by atoms with Crippen LogP contribution in [0.25, 0.3) is 0 Å². The van der Waals surface area contributed by atoms with Crippen molar-refractivity contribution < 1.29 is 9.90 Å². The van der Waals surface area contributed by atoms with Crippen molar-refractivity contribution in [2.24, 2.45) is 11.1 Å². The molecule has 1 aliphatic heterocycles. The smallest absolute Gasteiger partial charge is 0.323 e. The van der Waals surface area contributed by atoms with Gasteiger partial charge in [0, 0.05) is 0 Å². The van der Waals surface area contributed by atoms with Crippen molar-refractivity contribution in [2.75, 3.05) is 19.6 Å². The molecule has 0 aliphatic carbocycles. The van der Waals surface area contributed by atoms with Crippen LogP contribution in [0, 0.1) is 5.41 Å². The first-order valence-corrected chi connectivity index (χ1v) is 6.98. The number of aliphatic carboxylic acids is 1. The first kappa shape index (κ1) is 15.4. The molecular weight excluding hydrogens is 228 g/mol. The van der Waals surface area contributed by atoms with Crippen LogP contribution in [0.3, 0.4) is 0 Å². The number of carbonyl (C=O) groups is 1. The SMILES string of the molecule is CC1(C)CCCN(CCCC(C)(N)C(=O)O)CC1. The lowest BCUT2D eigenvalue weighted by Crippen LogP contribution is -2.45. The van der Waals surface area contributed by atoms with E-state index < -0.39 is 11.5 Å². The van der Waals surface area contributed by atoms with Crippen molar-refractivity contribution in [3.63, 3.8) is 0 Å². The van der Waals surface area contributed by atoms with Gasteiger partial charge in [0.15, 0.2) is 0 Å². The minimum atomic E-state index is -1.08. The Kier molecular flexibility index (Phi) is 5.17. The maximum atomic E-state index is 10.9. The molecule has 1 aliphatic rings. The van der Waals surface area contributed by atoms with Gasteiger partial charge < -0.3 is 15.7 Å². The molecule has 0 aromatic rings. The Bertz CT molecular complexity index is 288. The second-order valence-electron chi connectivity index (χ2n) is 6.69. The Labute approximate surface area is 111 Å². The number of carboxylic acids is 1. The minimum Gasteiger partial charge on any atom is -0.480 e. The molecule has 0 radical (unpaired) electrons. The lowest BCUT2D eigenvalue weighted by Gasteiger charge is -2.24. The Balaban J connectivity index is 2.30. The van der Waals surface area contributed by atoms with Gasteiger partial charge in [-0.2, -0.15) is 0 Å². The Hall–Kier alpha value is -0.610. The number of likely N-dealkylation sites (tertiary alicyclic amines) is 1. The molecule has 0 aromatic heterocycles. The van der Waals surface area contributed by atoms with Crippen molar-refractivity contribution in [3.05, 3.63) is 0 Å². The molecule has 0 bridgehead atoms. The van der Waals surface area contributed by atoms with Gasteiger partial charge in [0.05, 0.1) is 0 Å². The van der Waals surface area contributed by atoms with Crippen molar-refractivity contribution in [2.45, 2.75) is 58.4 Å². The summed E-state index contributed by atoms with van der Waals surface area (Å²) in [6, 6.07) is 0. The van der Waals surface area contributed by atoms with E-state index in [1.165, 1.54) is 19.3 Å². The molecule has 0 saturated carbocycles. The number of nitrogens with zero attached hydrogens (tertiary/aromatic N) is 1. The first-order chi connectivity index (χ1) is 8.23. The lowest BCUT2D eigenvalue weighted by molar-refractivity contribution is -0.142. The van der Waals surface area contributed by atoms with E-state index in [2.05, 4.69) is 18.7 Å². The van der Waals surface area contributed by atoms with Gasteiger partial charge in [-0.05, 0) is 64.1 Å². The topological polar surface area (TPSA) is 66.6 Å². The maximum Gasteiger partial charge on any atom is 0.323 e. The zero-order valence-electron chi connectivity index (χ0n) is 12.0. The highest BCUT2D eigenvalue weighted by molar-refractivity contribution is 5.77. The highest BCUT2D eigenvalue weighted by Gasteiger charge is 2.28. The molecule has 1 saturated heterocycles. The van der Waals surface area contributed by atoms with Gasteiger partial charge in [-0.1, -0.05) is 13.8 Å². The van der Waals surface area contributed by atoms with E-state index in [1.807, 2.05) is 0 Å². The second-order valence-corrected chi connectivity index (χ2v) is 6.69. The zero-order valence-corrected chi connectivity index (χ0v) is 12.0. The van der Waals surface area contributed by atoms with Crippen molar-refractivity contribution in [1.82, 2.24) is 4.90 Å². The molecule has 1 atom stereocenters. The normalized spacial score (nSPS) is 24.2. The van der Waals surface area contributed by atoms with Crippen LogP contribution in [-0.2, 0) is 4.79 Å². The largest absolute Gasteiger partial charge is 0.480 e. The standard InChI is InChI=1S/C14H28N2O2/c1-13(2)6-4-9-16(11-8-13)10-5-7-14(3,15)12(17)18/h4-11,15H2,1-3H3,(H,17,18). The molecule has 106 valence electrons. The summed E-state index contributed by atoms with van der Waals surface area (Å²) in [5, 5.41) is 8.95. The van der Waals surface area contributed by atoms with Crippen LogP contribution >= 0.6 is 0 Å². The molecule has 0 spiro atoms. The predicted octanol–water partition coefficient (Wildman–Crippen LogP) is 2.08. The summed E-state index contributed by atoms with van der Waals surface area (Å²) in [7, 11) is 0. The number of hydrogen-bond donors (Lipinski definition) is 2. The summed E-state index contributed by atoms with van der Waals surface area (Å²) < 4.78 is 0. The van der Waals surface area contributed by atoms with Crippen molar-refractivity contribution in [3.8, 4) is 0 Å². The summed E-state index contributed by atoms with van der Waals surface area (Å²) in [5.74, 6) is -0.903.